The van der Waals surface area contributed by atoms with E-state index in [0.29, 0.717) is 13.0 Å². The zero-order valence-electron chi connectivity index (χ0n) is 42.8. The van der Waals surface area contributed by atoms with Crippen LogP contribution in [0.2, 0.25) is 0 Å². The molecular formula is C42H85N25O7. The average molecular weight is 1050 g/mol. The second-order valence-corrected chi connectivity index (χ2v) is 17.4. The number of carbonyl (C=O) groups is 7. The fourth-order valence-corrected chi connectivity index (χ4v) is 6.79. The number of likely N-dealkylation sites (N-methyl/N-ethyl adjacent to an activating group) is 1. The molecular weight excluding hydrogens is 967 g/mol. The molecule has 0 spiro atoms. The highest BCUT2D eigenvalue weighted by Crippen LogP contribution is 2.09. The van der Waals surface area contributed by atoms with E-state index in [0.717, 1.165) is 0 Å². The standard InChI is InChI=1S/C42H85N25O7/c1-23(2)30(68)22-62-31(69)25(11-5-17-57-38(45)46)63-33(71)27(13-7-19-59-40(49)50)65-35(73)29(15-9-21-61-42(53)54)67-36(74)28(14-8-20-60-41(51)52)66-34(72)26(12-6-18-58-39(47)48)64-32(70)24(55-3)10-4-16-56-37(43)44/h23-29,55H,4-22H2,1-3H3,(H,62,69)(H,63,71)(H,64,70)(H,65,73)(H,66,72)(H,67,74)(H4,43,44,56)(H4,45,46,57)(H4,47,48,58)(H4,49,50,59)(H4,51,52,60)(H4,53,54,61). The van der Waals surface area contributed by atoms with Crippen LogP contribution in [0.1, 0.15) is 90.9 Å². The van der Waals surface area contributed by atoms with Crippen molar-refractivity contribution < 1.29 is 33.6 Å². The average Bonchev–Trinajstić information content (AvgIpc) is 3.31. The summed E-state index contributed by atoms with van der Waals surface area (Å²) in [4.78, 5) is 96.4. The maximum Gasteiger partial charge on any atom is 0.243 e. The molecule has 0 aromatic heterocycles. The number of ketones is 1. The minimum atomic E-state index is -1.41. The first kappa shape index (κ1) is 66.1. The van der Waals surface area contributed by atoms with Gasteiger partial charge in [-0.25, -0.2) is 0 Å². The first-order valence-electron chi connectivity index (χ1n) is 24.3. The fraction of sp³-hybridized carbons (Fsp3) is 0.690. The second kappa shape index (κ2) is 37.8. The third-order valence-electron chi connectivity index (χ3n) is 10.8. The topological polar surface area (TPSA) is 575 Å². The molecule has 6 amide bonds. The zero-order chi connectivity index (χ0) is 56.2. The van der Waals surface area contributed by atoms with Crippen LogP contribution in [-0.2, 0) is 33.6 Å². The first-order chi connectivity index (χ1) is 34.9. The third kappa shape index (κ3) is 32.1. The summed E-state index contributed by atoms with van der Waals surface area (Å²) in [6, 6.07) is -7.37. The van der Waals surface area contributed by atoms with Crippen LogP contribution >= 0.6 is 0 Å². The minimum Gasteiger partial charge on any atom is -0.370 e. The highest BCUT2D eigenvalue weighted by Gasteiger charge is 2.33. The Hall–Kier alpha value is -7.93. The van der Waals surface area contributed by atoms with Crippen molar-refractivity contribution in [3.05, 3.63) is 0 Å². The van der Waals surface area contributed by atoms with Gasteiger partial charge in [0.25, 0.3) is 0 Å². The van der Waals surface area contributed by atoms with Gasteiger partial charge in [-0.3, -0.25) is 66.0 Å². The van der Waals surface area contributed by atoms with Crippen molar-refractivity contribution in [3.63, 3.8) is 0 Å². The van der Waals surface area contributed by atoms with Crippen LogP contribution in [0.5, 0.6) is 0 Å². The quantitative estimate of drug-likeness (QED) is 0.0154. The SMILES string of the molecule is CNC(CCCNC(=N)N)C(=O)NC(CCCNC(=N)N)C(=O)NC(CCCNC(=N)N)C(=O)NC(CCCNC(=N)N)C(=O)NC(CCCNC(=N)N)C(=O)NC(CCCNC(=N)N)C(=O)NCC(=O)C(C)C. The number of Topliss-reactive ketones (excluding diaryl/α,β-unsaturated/α-hetero) is 1. The van der Waals surface area contributed by atoms with Crippen LogP contribution in [0.4, 0.5) is 0 Å². The van der Waals surface area contributed by atoms with Gasteiger partial charge in [-0.1, -0.05) is 13.8 Å². The predicted molar refractivity (Wildman–Crippen MR) is 280 cm³/mol. The number of rotatable bonds is 39. The normalized spacial score (nSPS) is 13.1. The number of nitrogens with one attached hydrogen (secondary N) is 19. The van der Waals surface area contributed by atoms with Crippen molar-refractivity contribution in [3.8, 4) is 0 Å². The van der Waals surface area contributed by atoms with Gasteiger partial charge in [-0.2, -0.15) is 0 Å². The van der Waals surface area contributed by atoms with Crippen molar-refractivity contribution in [2.45, 2.75) is 127 Å². The molecule has 74 heavy (non-hydrogen) atoms. The number of amides is 6. The lowest BCUT2D eigenvalue weighted by atomic mass is 10.0. The lowest BCUT2D eigenvalue weighted by molar-refractivity contribution is -0.135. The summed E-state index contributed by atoms with van der Waals surface area (Å²) in [5.41, 5.74) is 32.6. The monoisotopic (exact) mass is 1050 g/mol. The van der Waals surface area contributed by atoms with Crippen LogP contribution in [0.3, 0.4) is 0 Å². The van der Waals surface area contributed by atoms with Crippen molar-refractivity contribution >= 4 is 77.0 Å². The third-order valence-corrected chi connectivity index (χ3v) is 10.8. The summed E-state index contributed by atoms with van der Waals surface area (Å²) in [5.74, 6) is -7.12. The predicted octanol–water partition coefficient (Wildman–Crippen LogP) is -7.08. The first-order valence-corrected chi connectivity index (χ1v) is 24.3. The molecule has 0 aliphatic heterocycles. The van der Waals surface area contributed by atoms with Crippen molar-refractivity contribution in [2.24, 2.45) is 40.3 Å². The van der Waals surface area contributed by atoms with Gasteiger partial charge in [0, 0.05) is 45.2 Å². The van der Waals surface area contributed by atoms with Crippen molar-refractivity contribution in [1.29, 1.82) is 32.5 Å². The Morgan fingerprint density at radius 1 is 0.338 bits per heavy atom. The van der Waals surface area contributed by atoms with Gasteiger partial charge < -0.3 is 104 Å². The van der Waals surface area contributed by atoms with E-state index in [-0.39, 0.29) is 157 Å². The lowest BCUT2D eigenvalue weighted by Crippen LogP contribution is -2.59. The van der Waals surface area contributed by atoms with Crippen LogP contribution in [0.15, 0.2) is 0 Å². The van der Waals surface area contributed by atoms with E-state index >= 15 is 0 Å². The molecule has 0 aliphatic rings. The van der Waals surface area contributed by atoms with Gasteiger partial charge in [-0.15, -0.1) is 0 Å². The molecule has 0 saturated heterocycles. The molecule has 6 unspecified atom stereocenters. The van der Waals surface area contributed by atoms with E-state index < -0.39 is 71.7 Å². The smallest absolute Gasteiger partial charge is 0.243 e. The van der Waals surface area contributed by atoms with E-state index in [4.69, 9.17) is 66.9 Å². The summed E-state index contributed by atoms with van der Waals surface area (Å²) in [7, 11) is 1.56. The Morgan fingerprint density at radius 2 is 0.541 bits per heavy atom. The van der Waals surface area contributed by atoms with Gasteiger partial charge >= 0.3 is 0 Å². The fourth-order valence-electron chi connectivity index (χ4n) is 6.79. The molecule has 0 saturated carbocycles. The number of hydrogen-bond acceptors (Lipinski definition) is 14. The Balaban J connectivity index is 6.99. The Labute approximate surface area is 431 Å². The van der Waals surface area contributed by atoms with Gasteiger partial charge in [0.1, 0.15) is 30.2 Å². The maximum absolute atomic E-state index is 14.4. The molecule has 0 aromatic carbocycles. The Kier molecular flexibility index (Phi) is 33.7. The molecule has 32 nitrogen and oxygen atoms in total. The van der Waals surface area contributed by atoms with Gasteiger partial charge in [0.2, 0.25) is 35.4 Å². The summed E-state index contributed by atoms with van der Waals surface area (Å²) < 4.78 is 0. The van der Waals surface area contributed by atoms with E-state index in [1.54, 1.807) is 20.9 Å². The summed E-state index contributed by atoms with van der Waals surface area (Å²) in [6.45, 7) is 3.93. The van der Waals surface area contributed by atoms with Crippen LogP contribution < -0.4 is 104 Å². The number of guanidine groups is 6. The molecule has 0 fully saturated rings. The second-order valence-electron chi connectivity index (χ2n) is 17.4. The van der Waals surface area contributed by atoms with E-state index in [9.17, 15) is 33.6 Å². The molecule has 0 rings (SSSR count). The highest BCUT2D eigenvalue weighted by molar-refractivity contribution is 5.97. The minimum absolute atomic E-state index is 0.0208. The molecule has 0 radical (unpaired) electrons. The number of nitrogens with two attached hydrogens (primary N) is 6. The maximum atomic E-state index is 14.4. The van der Waals surface area contributed by atoms with E-state index in [1.165, 1.54) is 0 Å². The van der Waals surface area contributed by atoms with E-state index in [1.807, 2.05) is 0 Å². The zero-order valence-corrected chi connectivity index (χ0v) is 42.8. The van der Waals surface area contributed by atoms with Crippen molar-refractivity contribution in [1.82, 2.24) is 69.1 Å². The van der Waals surface area contributed by atoms with Crippen LogP contribution in [0, 0.1) is 38.4 Å². The van der Waals surface area contributed by atoms with Crippen molar-refractivity contribution in [2.75, 3.05) is 52.9 Å². The largest absolute Gasteiger partial charge is 0.370 e. The lowest BCUT2D eigenvalue weighted by Gasteiger charge is -2.28. The van der Waals surface area contributed by atoms with Crippen LogP contribution in [-0.4, -0.2) is 166 Å². The van der Waals surface area contributed by atoms with Gasteiger partial charge in [-0.05, 0) is 84.1 Å². The summed E-state index contributed by atoms with van der Waals surface area (Å²) in [5, 5.41) is 79.6. The van der Waals surface area contributed by atoms with Gasteiger partial charge in [0.05, 0.1) is 12.6 Å². The molecule has 32 heteroatoms. The Morgan fingerprint density at radius 3 is 0.743 bits per heavy atom. The van der Waals surface area contributed by atoms with Crippen LogP contribution in [0.25, 0.3) is 0 Å². The molecule has 6 atom stereocenters. The molecule has 31 N–H and O–H groups in total. The highest BCUT2D eigenvalue weighted by atomic mass is 16.2. The number of hydrogen-bond donors (Lipinski definition) is 25. The molecule has 420 valence electrons. The summed E-state index contributed by atoms with van der Waals surface area (Å²) in [6.07, 6.45) is 1.45. The molecule has 0 aromatic rings. The van der Waals surface area contributed by atoms with E-state index in [2.05, 4.69) is 69.1 Å². The summed E-state index contributed by atoms with van der Waals surface area (Å²) >= 11 is 0. The molecule has 0 aliphatic carbocycles. The Bertz CT molecular complexity index is 1890. The molecule has 0 bridgehead atoms. The number of carbonyl (C=O) groups excluding carboxylic acids is 7. The molecule has 0 heterocycles. The van der Waals surface area contributed by atoms with Gasteiger partial charge in [0.15, 0.2) is 41.5 Å².